The van der Waals surface area contributed by atoms with Gasteiger partial charge in [0.05, 0.1) is 25.3 Å². The van der Waals surface area contributed by atoms with E-state index in [9.17, 15) is 9.59 Å². The van der Waals surface area contributed by atoms with Gasteiger partial charge in [-0.1, -0.05) is 98.2 Å². The van der Waals surface area contributed by atoms with Gasteiger partial charge in [-0.25, -0.2) is 0 Å². The monoisotopic (exact) mass is 527 g/mol. The Balaban J connectivity index is 2.23. The number of nitrogens with zero attached hydrogens (tertiary/aromatic N) is 2. The van der Waals surface area contributed by atoms with Crippen molar-refractivity contribution in [3.05, 3.63) is 47.5 Å². The molecule has 1 fully saturated rings. The number of likely N-dealkylation sites (N-methyl/N-ethyl adjacent to an activating group) is 1. The first-order valence-corrected chi connectivity index (χ1v) is 14.3. The second kappa shape index (κ2) is 13.7. The smallest absolute Gasteiger partial charge is 0.249 e. The number of morpholine rings is 1. The molecule has 1 aliphatic heterocycles. The van der Waals surface area contributed by atoms with Gasteiger partial charge in [-0.2, -0.15) is 0 Å². The summed E-state index contributed by atoms with van der Waals surface area (Å²) in [6, 6.07) is 10.1. The highest BCUT2D eigenvalue weighted by molar-refractivity contribution is 5.93. The third-order valence-corrected chi connectivity index (χ3v) is 8.25. The van der Waals surface area contributed by atoms with Crippen molar-refractivity contribution < 1.29 is 14.3 Å². The van der Waals surface area contributed by atoms with Crippen LogP contribution in [0.1, 0.15) is 74.3 Å². The summed E-state index contributed by atoms with van der Waals surface area (Å²) in [5.74, 6) is 0.616. The van der Waals surface area contributed by atoms with Crippen LogP contribution in [0.3, 0.4) is 0 Å². The molecule has 214 valence electrons. The molecule has 2 amide bonds. The fraction of sp³-hybridized carbons (Fsp3) is 0.688. The number of carbonyl (C=O) groups excluding carboxylic acids is 2. The van der Waals surface area contributed by atoms with Gasteiger partial charge in [0.25, 0.3) is 0 Å². The summed E-state index contributed by atoms with van der Waals surface area (Å²) in [5.41, 5.74) is 1.70. The third-order valence-electron chi connectivity index (χ3n) is 8.25. The molecular formula is C32H53N3O3. The molecule has 1 aromatic rings. The summed E-state index contributed by atoms with van der Waals surface area (Å²) in [6.45, 7) is 22.4. The molecule has 1 N–H and O–H groups in total. The van der Waals surface area contributed by atoms with E-state index in [2.05, 4.69) is 91.0 Å². The number of nitrogens with one attached hydrogen (secondary N) is 1. The van der Waals surface area contributed by atoms with Crippen molar-refractivity contribution in [3.63, 3.8) is 0 Å². The second-order valence-corrected chi connectivity index (χ2v) is 12.8. The fourth-order valence-corrected chi connectivity index (χ4v) is 5.48. The molecule has 38 heavy (non-hydrogen) atoms. The van der Waals surface area contributed by atoms with Gasteiger partial charge in [0.2, 0.25) is 11.8 Å². The number of hydrogen-bond acceptors (Lipinski definition) is 4. The van der Waals surface area contributed by atoms with Crippen LogP contribution in [0.5, 0.6) is 0 Å². The summed E-state index contributed by atoms with van der Waals surface area (Å²) in [4.78, 5) is 30.8. The van der Waals surface area contributed by atoms with E-state index in [1.165, 1.54) is 5.56 Å². The van der Waals surface area contributed by atoms with Crippen molar-refractivity contribution >= 4 is 11.8 Å². The molecule has 1 saturated heterocycles. The quantitative estimate of drug-likeness (QED) is 0.398. The van der Waals surface area contributed by atoms with Crippen LogP contribution >= 0.6 is 0 Å². The van der Waals surface area contributed by atoms with E-state index in [4.69, 9.17) is 4.74 Å². The van der Waals surface area contributed by atoms with Crippen molar-refractivity contribution in [2.24, 2.45) is 17.3 Å². The largest absolute Gasteiger partial charge is 0.378 e. The van der Waals surface area contributed by atoms with Crippen LogP contribution < -0.4 is 5.32 Å². The van der Waals surface area contributed by atoms with Gasteiger partial charge in [-0.05, 0) is 41.7 Å². The highest BCUT2D eigenvalue weighted by atomic mass is 16.5. The molecule has 0 aromatic heterocycles. The lowest BCUT2D eigenvalue weighted by Gasteiger charge is -2.40. The molecule has 0 unspecified atom stereocenters. The maximum absolute atomic E-state index is 14.0. The number of benzene rings is 1. The Bertz CT molecular complexity index is 927. The molecule has 0 saturated carbocycles. The van der Waals surface area contributed by atoms with Crippen LogP contribution in [0, 0.1) is 17.3 Å². The van der Waals surface area contributed by atoms with Crippen molar-refractivity contribution in [1.29, 1.82) is 0 Å². The van der Waals surface area contributed by atoms with Crippen molar-refractivity contribution in [1.82, 2.24) is 15.1 Å². The number of carbonyl (C=O) groups is 2. The predicted molar refractivity (Wildman–Crippen MR) is 157 cm³/mol. The van der Waals surface area contributed by atoms with Gasteiger partial charge in [-0.3, -0.25) is 9.59 Å². The average Bonchev–Trinajstić information content (AvgIpc) is 2.88. The standard InChI is InChI=1S/C32H53N3O3/c1-11-25(32(8,9)26-15-13-12-14-16-26)22-33-28(31(5,6)7)30(37)34(10)27(23(2)3)21-24(4)29(36)35-17-19-38-20-18-35/h12-16,21,23,25,27-28,33H,11,17-20,22H2,1-10H3/b24-21+/t25-,27-,28-/m1/s1. The minimum absolute atomic E-state index is 0.0271. The Morgan fingerprint density at radius 2 is 1.66 bits per heavy atom. The van der Waals surface area contributed by atoms with E-state index in [0.29, 0.717) is 37.8 Å². The van der Waals surface area contributed by atoms with Crippen LogP contribution in [0.2, 0.25) is 0 Å². The summed E-state index contributed by atoms with van der Waals surface area (Å²) in [5, 5.41) is 3.69. The van der Waals surface area contributed by atoms with Crippen LogP contribution in [0.25, 0.3) is 0 Å². The van der Waals surface area contributed by atoms with E-state index in [1.807, 2.05) is 29.8 Å². The van der Waals surface area contributed by atoms with E-state index < -0.39 is 0 Å². The molecule has 6 heteroatoms. The van der Waals surface area contributed by atoms with Gasteiger partial charge in [0.1, 0.15) is 0 Å². The molecular weight excluding hydrogens is 474 g/mol. The number of rotatable bonds is 11. The first kappa shape index (κ1) is 32.0. The SMILES string of the molecule is CC[C@H](CN[C@H](C(=O)N(C)[C@H](/C=C(\C)C(=O)N1CCOCC1)C(C)C)C(C)(C)C)C(C)(C)c1ccccc1. The Morgan fingerprint density at radius 3 is 2.16 bits per heavy atom. The minimum atomic E-state index is -0.349. The molecule has 0 bridgehead atoms. The molecule has 1 aliphatic rings. The molecule has 3 atom stereocenters. The highest BCUT2D eigenvalue weighted by Crippen LogP contribution is 2.34. The first-order valence-electron chi connectivity index (χ1n) is 14.3. The van der Waals surface area contributed by atoms with Crippen molar-refractivity contribution in [2.75, 3.05) is 39.9 Å². The Kier molecular flexibility index (Phi) is 11.6. The van der Waals surface area contributed by atoms with Crippen LogP contribution in [-0.2, 0) is 19.7 Å². The third kappa shape index (κ3) is 8.16. The van der Waals surface area contributed by atoms with Crippen molar-refractivity contribution in [2.45, 2.75) is 86.2 Å². The van der Waals surface area contributed by atoms with Crippen molar-refractivity contribution in [3.8, 4) is 0 Å². The molecule has 2 rings (SSSR count). The van der Waals surface area contributed by atoms with Gasteiger partial charge in [0.15, 0.2) is 0 Å². The van der Waals surface area contributed by atoms with E-state index >= 15 is 0 Å². The lowest BCUT2D eigenvalue weighted by Crippen LogP contribution is -2.56. The fourth-order valence-electron chi connectivity index (χ4n) is 5.48. The van der Waals surface area contributed by atoms with E-state index in [-0.39, 0.29) is 40.6 Å². The highest BCUT2D eigenvalue weighted by Gasteiger charge is 2.38. The van der Waals surface area contributed by atoms with Crippen LogP contribution in [0.15, 0.2) is 42.0 Å². The zero-order valence-corrected chi connectivity index (χ0v) is 25.6. The molecule has 1 heterocycles. The maximum Gasteiger partial charge on any atom is 0.249 e. The molecule has 1 aromatic carbocycles. The Labute approximate surface area is 232 Å². The molecule has 0 radical (unpaired) electrons. The summed E-state index contributed by atoms with van der Waals surface area (Å²) < 4.78 is 5.40. The topological polar surface area (TPSA) is 61.9 Å². The second-order valence-electron chi connectivity index (χ2n) is 12.8. The molecule has 0 spiro atoms. The zero-order valence-electron chi connectivity index (χ0n) is 25.6. The molecule has 0 aliphatic carbocycles. The number of hydrogen-bond donors (Lipinski definition) is 1. The number of amides is 2. The summed E-state index contributed by atoms with van der Waals surface area (Å²) >= 11 is 0. The van der Waals surface area contributed by atoms with Crippen LogP contribution in [-0.4, -0.2) is 73.6 Å². The predicted octanol–water partition coefficient (Wildman–Crippen LogP) is 5.28. The van der Waals surface area contributed by atoms with E-state index in [1.54, 1.807) is 0 Å². The average molecular weight is 528 g/mol. The first-order chi connectivity index (χ1) is 17.7. The summed E-state index contributed by atoms with van der Waals surface area (Å²) in [7, 11) is 1.88. The number of ether oxygens (including phenoxy) is 1. The van der Waals surface area contributed by atoms with Gasteiger partial charge in [0, 0.05) is 25.7 Å². The van der Waals surface area contributed by atoms with Crippen LogP contribution in [0.4, 0.5) is 0 Å². The normalized spacial score (nSPS) is 17.8. The lowest BCUT2D eigenvalue weighted by molar-refractivity contribution is -0.137. The van der Waals surface area contributed by atoms with E-state index in [0.717, 1.165) is 13.0 Å². The molecule has 6 nitrogen and oxygen atoms in total. The Morgan fingerprint density at radius 1 is 1.08 bits per heavy atom. The van der Waals surface area contributed by atoms with Gasteiger partial charge >= 0.3 is 0 Å². The Hall–Kier alpha value is -2.18. The lowest BCUT2D eigenvalue weighted by atomic mass is 9.72. The van der Waals surface area contributed by atoms with Gasteiger partial charge in [-0.15, -0.1) is 0 Å². The minimum Gasteiger partial charge on any atom is -0.378 e. The summed E-state index contributed by atoms with van der Waals surface area (Å²) in [6.07, 6.45) is 2.99. The maximum atomic E-state index is 14.0. The zero-order chi connectivity index (χ0) is 28.7. The van der Waals surface area contributed by atoms with Gasteiger partial charge < -0.3 is 19.9 Å².